The molecule has 0 saturated heterocycles. The van der Waals surface area contributed by atoms with E-state index in [0.717, 1.165) is 17.3 Å². The van der Waals surface area contributed by atoms with E-state index in [-0.39, 0.29) is 0 Å². The summed E-state index contributed by atoms with van der Waals surface area (Å²) >= 11 is 3.70. The van der Waals surface area contributed by atoms with Gasteiger partial charge in [0.15, 0.2) is 0 Å². The number of hydrogen-bond donors (Lipinski definition) is 0. The highest BCUT2D eigenvalue weighted by Gasteiger charge is 2.26. The molecule has 1 heterocycles. The van der Waals surface area contributed by atoms with E-state index in [0.29, 0.717) is 0 Å². The molecule has 0 aliphatic heterocycles. The fourth-order valence-electron chi connectivity index (χ4n) is 2.28. The van der Waals surface area contributed by atoms with Crippen LogP contribution in [0.1, 0.15) is 44.2 Å². The van der Waals surface area contributed by atoms with Crippen molar-refractivity contribution in [2.24, 2.45) is 0 Å². The van der Waals surface area contributed by atoms with Crippen LogP contribution < -0.4 is 0 Å². The summed E-state index contributed by atoms with van der Waals surface area (Å²) in [5.41, 5.74) is 1.44. The van der Waals surface area contributed by atoms with Gasteiger partial charge in [0.1, 0.15) is 0 Å². The van der Waals surface area contributed by atoms with Crippen molar-refractivity contribution in [2.45, 2.75) is 49.9 Å². The largest absolute Gasteiger partial charge is 0.269 e. The third kappa shape index (κ3) is 2.02. The molecule has 1 saturated carbocycles. The van der Waals surface area contributed by atoms with Gasteiger partial charge >= 0.3 is 0 Å². The van der Waals surface area contributed by atoms with Crippen molar-refractivity contribution in [1.29, 1.82) is 0 Å². The molecule has 3 heteroatoms. The second-order valence-corrected chi connectivity index (χ2v) is 5.38. The Morgan fingerprint density at radius 3 is 3.07 bits per heavy atom. The Labute approximate surface area is 93.8 Å². The number of aromatic nitrogens is 2. The van der Waals surface area contributed by atoms with Crippen LogP contribution in [0.2, 0.25) is 0 Å². The molecular formula is C11H17BrN2. The van der Waals surface area contributed by atoms with Crippen molar-refractivity contribution in [3.8, 4) is 0 Å². The zero-order chi connectivity index (χ0) is 9.97. The van der Waals surface area contributed by atoms with E-state index in [2.05, 4.69) is 38.7 Å². The molecule has 0 radical (unpaired) electrons. The van der Waals surface area contributed by atoms with Crippen LogP contribution in [0.15, 0.2) is 12.3 Å². The third-order valence-electron chi connectivity index (χ3n) is 2.97. The summed E-state index contributed by atoms with van der Waals surface area (Å²) in [6.07, 6.45) is 6.99. The van der Waals surface area contributed by atoms with Gasteiger partial charge in [0.25, 0.3) is 0 Å². The lowest BCUT2D eigenvalue weighted by molar-refractivity contribution is 0.538. The summed E-state index contributed by atoms with van der Waals surface area (Å²) in [6, 6.07) is 2.19. The lowest BCUT2D eigenvalue weighted by Crippen LogP contribution is -2.07. The van der Waals surface area contributed by atoms with E-state index in [1.54, 1.807) is 0 Å². The number of hydrogen-bond acceptors (Lipinski definition) is 1. The zero-order valence-corrected chi connectivity index (χ0v) is 10.2. The zero-order valence-electron chi connectivity index (χ0n) is 8.62. The minimum Gasteiger partial charge on any atom is -0.269 e. The van der Waals surface area contributed by atoms with Crippen molar-refractivity contribution in [2.75, 3.05) is 0 Å². The van der Waals surface area contributed by atoms with Crippen LogP contribution in [0.25, 0.3) is 0 Å². The molecule has 0 bridgehead atoms. The summed E-state index contributed by atoms with van der Waals surface area (Å²) in [5.74, 6) is 0.730. The van der Waals surface area contributed by atoms with Gasteiger partial charge in [-0.15, -0.1) is 0 Å². The molecule has 1 aliphatic rings. The fourth-order valence-corrected chi connectivity index (χ4v) is 3.00. The molecule has 0 amide bonds. The molecule has 78 valence electrons. The first-order chi connectivity index (χ1) is 6.81. The van der Waals surface area contributed by atoms with Crippen LogP contribution >= 0.6 is 15.9 Å². The Balaban J connectivity index is 2.11. The van der Waals surface area contributed by atoms with Crippen LogP contribution in [0.3, 0.4) is 0 Å². The lowest BCUT2D eigenvalue weighted by Gasteiger charge is -2.11. The van der Waals surface area contributed by atoms with E-state index < -0.39 is 0 Å². The van der Waals surface area contributed by atoms with Crippen LogP contribution in [0.5, 0.6) is 0 Å². The molecule has 2 nitrogen and oxygen atoms in total. The van der Waals surface area contributed by atoms with Gasteiger partial charge in [-0.2, -0.15) is 5.10 Å². The van der Waals surface area contributed by atoms with Crippen molar-refractivity contribution < 1.29 is 0 Å². The van der Waals surface area contributed by atoms with Crippen molar-refractivity contribution >= 4 is 15.9 Å². The molecule has 1 fully saturated rings. The van der Waals surface area contributed by atoms with Crippen molar-refractivity contribution in [3.63, 3.8) is 0 Å². The molecule has 1 aromatic heterocycles. The molecule has 0 aromatic carbocycles. The van der Waals surface area contributed by atoms with Gasteiger partial charge in [0.05, 0.1) is 0 Å². The topological polar surface area (TPSA) is 17.8 Å². The monoisotopic (exact) mass is 256 g/mol. The van der Waals surface area contributed by atoms with E-state index in [4.69, 9.17) is 0 Å². The Morgan fingerprint density at radius 2 is 2.43 bits per heavy atom. The number of rotatable bonds is 3. The van der Waals surface area contributed by atoms with Gasteiger partial charge in [0, 0.05) is 29.2 Å². The summed E-state index contributed by atoms with van der Waals surface area (Å²) in [7, 11) is 0. The second kappa shape index (κ2) is 4.47. The average molecular weight is 257 g/mol. The number of aryl methyl sites for hydroxylation is 1. The smallest absolute Gasteiger partial charge is 0.0492 e. The lowest BCUT2D eigenvalue weighted by atomic mass is 10.0. The summed E-state index contributed by atoms with van der Waals surface area (Å²) < 4.78 is 2.18. The summed E-state index contributed by atoms with van der Waals surface area (Å²) in [5, 5.41) is 4.38. The Morgan fingerprint density at radius 1 is 1.57 bits per heavy atom. The molecule has 0 spiro atoms. The standard InChI is InChI=1S/C11H17BrN2/c1-2-7-14-11(5-6-13-14)9-3-4-10(12)8-9/h5-6,9-10H,2-4,7-8H2,1H3. The van der Waals surface area contributed by atoms with Crippen LogP contribution in [-0.4, -0.2) is 14.6 Å². The predicted octanol–water partition coefficient (Wildman–Crippen LogP) is 3.32. The highest BCUT2D eigenvalue weighted by Crippen LogP contribution is 2.37. The van der Waals surface area contributed by atoms with Crippen LogP contribution in [0, 0.1) is 0 Å². The highest BCUT2D eigenvalue weighted by atomic mass is 79.9. The predicted molar refractivity (Wildman–Crippen MR) is 61.8 cm³/mol. The van der Waals surface area contributed by atoms with Gasteiger partial charge in [-0.05, 0) is 31.7 Å². The Hall–Kier alpha value is -0.310. The number of nitrogens with zero attached hydrogens (tertiary/aromatic N) is 2. The Kier molecular flexibility index (Phi) is 3.26. The summed E-state index contributed by atoms with van der Waals surface area (Å²) in [6.45, 7) is 3.26. The number of halogens is 1. The molecule has 0 N–H and O–H groups in total. The molecule has 14 heavy (non-hydrogen) atoms. The van der Waals surface area contributed by atoms with Gasteiger partial charge < -0.3 is 0 Å². The molecule has 2 unspecified atom stereocenters. The quantitative estimate of drug-likeness (QED) is 0.759. The third-order valence-corrected chi connectivity index (χ3v) is 3.80. The SMILES string of the molecule is CCCn1nccc1C1CCC(Br)C1. The minimum absolute atomic E-state index is 0.720. The molecule has 2 atom stereocenters. The van der Waals surface area contributed by atoms with Crippen molar-refractivity contribution in [1.82, 2.24) is 9.78 Å². The van der Waals surface area contributed by atoms with E-state index in [9.17, 15) is 0 Å². The fraction of sp³-hybridized carbons (Fsp3) is 0.727. The maximum Gasteiger partial charge on any atom is 0.0492 e. The average Bonchev–Trinajstić information content (AvgIpc) is 2.74. The van der Waals surface area contributed by atoms with E-state index in [1.165, 1.54) is 31.4 Å². The number of alkyl halides is 1. The van der Waals surface area contributed by atoms with E-state index in [1.807, 2.05) is 6.20 Å². The second-order valence-electron chi connectivity index (χ2n) is 4.09. The minimum atomic E-state index is 0.720. The van der Waals surface area contributed by atoms with Gasteiger partial charge in [0.2, 0.25) is 0 Å². The van der Waals surface area contributed by atoms with E-state index >= 15 is 0 Å². The summed E-state index contributed by atoms with van der Waals surface area (Å²) in [4.78, 5) is 0.720. The first-order valence-electron chi connectivity index (χ1n) is 5.47. The first-order valence-corrected chi connectivity index (χ1v) is 6.38. The maximum absolute atomic E-state index is 4.38. The first kappa shape index (κ1) is 10.2. The van der Waals surface area contributed by atoms with Crippen LogP contribution in [0.4, 0.5) is 0 Å². The van der Waals surface area contributed by atoms with Gasteiger partial charge in [-0.3, -0.25) is 4.68 Å². The maximum atomic E-state index is 4.38. The van der Waals surface area contributed by atoms with Gasteiger partial charge in [-0.25, -0.2) is 0 Å². The Bertz CT molecular complexity index is 295. The molecule has 1 aliphatic carbocycles. The molecule has 1 aromatic rings. The normalized spacial score (nSPS) is 27.0. The molecule has 2 rings (SSSR count). The van der Waals surface area contributed by atoms with Crippen molar-refractivity contribution in [3.05, 3.63) is 18.0 Å². The van der Waals surface area contributed by atoms with Gasteiger partial charge in [-0.1, -0.05) is 22.9 Å². The molecular weight excluding hydrogens is 240 g/mol. The van der Waals surface area contributed by atoms with Crippen LogP contribution in [-0.2, 0) is 6.54 Å². The highest BCUT2D eigenvalue weighted by molar-refractivity contribution is 9.09.